The fourth-order valence-corrected chi connectivity index (χ4v) is 3.00. The molecule has 1 fully saturated rings. The summed E-state index contributed by atoms with van der Waals surface area (Å²) in [7, 11) is 4.16. The Morgan fingerprint density at radius 2 is 2.19 bits per heavy atom. The largest absolute Gasteiger partial charge is 0.338 e. The molecule has 16 heavy (non-hydrogen) atoms. The van der Waals surface area contributed by atoms with Crippen LogP contribution >= 0.6 is 0 Å². The third kappa shape index (κ3) is 2.14. The zero-order chi connectivity index (χ0) is 11.6. The monoisotopic (exact) mass is 221 g/mol. The van der Waals surface area contributed by atoms with Gasteiger partial charge >= 0.3 is 0 Å². The average Bonchev–Trinajstić information content (AvgIpc) is 2.85. The van der Waals surface area contributed by atoms with Crippen molar-refractivity contribution in [1.82, 2.24) is 14.9 Å². The maximum absolute atomic E-state index is 4.43. The van der Waals surface area contributed by atoms with E-state index in [9.17, 15) is 0 Å². The molecule has 1 saturated carbocycles. The molecule has 1 aliphatic rings. The molecule has 3 heteroatoms. The van der Waals surface area contributed by atoms with Crippen molar-refractivity contribution in [2.75, 3.05) is 7.05 Å². The van der Waals surface area contributed by atoms with Crippen molar-refractivity contribution in [3.8, 4) is 0 Å². The SMILES string of the molecule is CNC(Cc1nccn1C)C1(C)CCCC1. The molecule has 0 aromatic carbocycles. The van der Waals surface area contributed by atoms with Gasteiger partial charge in [0, 0.05) is 31.9 Å². The molecule has 0 radical (unpaired) electrons. The predicted octanol–water partition coefficient (Wildman–Crippen LogP) is 2.13. The summed E-state index contributed by atoms with van der Waals surface area (Å²) in [5, 5.41) is 3.50. The van der Waals surface area contributed by atoms with Gasteiger partial charge < -0.3 is 9.88 Å². The van der Waals surface area contributed by atoms with E-state index in [-0.39, 0.29) is 0 Å². The summed E-state index contributed by atoms with van der Waals surface area (Å²) in [5.41, 5.74) is 0.459. The van der Waals surface area contributed by atoms with Crippen molar-refractivity contribution in [3.05, 3.63) is 18.2 Å². The fourth-order valence-electron chi connectivity index (χ4n) is 3.00. The standard InChI is InChI=1S/C13H23N3/c1-13(6-4-5-7-13)11(14-2)10-12-15-8-9-16(12)3/h8-9,11,14H,4-7,10H2,1-3H3. The molecule has 1 aromatic rings. The highest BCUT2D eigenvalue weighted by Crippen LogP contribution is 2.41. The van der Waals surface area contributed by atoms with E-state index in [1.807, 2.05) is 12.4 Å². The molecule has 1 aromatic heterocycles. The first-order valence-corrected chi connectivity index (χ1v) is 6.29. The summed E-state index contributed by atoms with van der Waals surface area (Å²) < 4.78 is 2.13. The highest BCUT2D eigenvalue weighted by Gasteiger charge is 2.36. The lowest BCUT2D eigenvalue weighted by atomic mass is 9.79. The molecule has 90 valence electrons. The number of hydrogen-bond acceptors (Lipinski definition) is 2. The summed E-state index contributed by atoms with van der Waals surface area (Å²) in [6.07, 6.45) is 10.4. The number of hydrogen-bond donors (Lipinski definition) is 1. The fraction of sp³-hybridized carbons (Fsp3) is 0.769. The van der Waals surface area contributed by atoms with Gasteiger partial charge in [-0.25, -0.2) is 4.98 Å². The highest BCUT2D eigenvalue weighted by molar-refractivity contribution is 5.00. The van der Waals surface area contributed by atoms with Crippen LogP contribution in [0.15, 0.2) is 12.4 Å². The van der Waals surface area contributed by atoms with Crippen LogP contribution in [0.5, 0.6) is 0 Å². The smallest absolute Gasteiger partial charge is 0.109 e. The van der Waals surface area contributed by atoms with Crippen LogP contribution in [0.1, 0.15) is 38.4 Å². The summed E-state index contributed by atoms with van der Waals surface area (Å²) >= 11 is 0. The van der Waals surface area contributed by atoms with Crippen molar-refractivity contribution in [2.24, 2.45) is 12.5 Å². The van der Waals surface area contributed by atoms with Gasteiger partial charge in [0.25, 0.3) is 0 Å². The van der Waals surface area contributed by atoms with Gasteiger partial charge in [-0.15, -0.1) is 0 Å². The summed E-state index contributed by atoms with van der Waals surface area (Å²) in [5.74, 6) is 1.19. The maximum atomic E-state index is 4.43. The molecular formula is C13H23N3. The zero-order valence-electron chi connectivity index (χ0n) is 10.7. The molecule has 0 aliphatic heterocycles. The van der Waals surface area contributed by atoms with Crippen LogP contribution in [-0.2, 0) is 13.5 Å². The Hall–Kier alpha value is -0.830. The number of nitrogens with zero attached hydrogens (tertiary/aromatic N) is 2. The van der Waals surface area contributed by atoms with E-state index in [0.29, 0.717) is 11.5 Å². The lowest BCUT2D eigenvalue weighted by molar-refractivity contribution is 0.226. The maximum Gasteiger partial charge on any atom is 0.109 e. The van der Waals surface area contributed by atoms with Crippen LogP contribution in [0.3, 0.4) is 0 Å². The van der Waals surface area contributed by atoms with Crippen LogP contribution in [0.2, 0.25) is 0 Å². The van der Waals surface area contributed by atoms with E-state index in [1.54, 1.807) is 0 Å². The molecule has 1 N–H and O–H groups in total. The second-order valence-corrected chi connectivity index (χ2v) is 5.36. The minimum absolute atomic E-state index is 0.459. The Balaban J connectivity index is 2.08. The van der Waals surface area contributed by atoms with Crippen LogP contribution < -0.4 is 5.32 Å². The topological polar surface area (TPSA) is 29.9 Å². The van der Waals surface area contributed by atoms with Crippen LogP contribution in [0.25, 0.3) is 0 Å². The summed E-state index contributed by atoms with van der Waals surface area (Å²) in [4.78, 5) is 4.43. The molecule has 1 aliphatic carbocycles. The summed E-state index contributed by atoms with van der Waals surface area (Å²) in [6.45, 7) is 2.42. The first-order valence-electron chi connectivity index (χ1n) is 6.29. The van der Waals surface area contributed by atoms with Crippen molar-refractivity contribution in [2.45, 2.75) is 45.1 Å². The zero-order valence-corrected chi connectivity index (χ0v) is 10.7. The van der Waals surface area contributed by atoms with E-state index in [4.69, 9.17) is 0 Å². The van der Waals surface area contributed by atoms with Crippen molar-refractivity contribution >= 4 is 0 Å². The minimum atomic E-state index is 0.459. The van der Waals surface area contributed by atoms with Crippen LogP contribution in [0, 0.1) is 5.41 Å². The van der Waals surface area contributed by atoms with Gasteiger partial charge in [0.2, 0.25) is 0 Å². The second-order valence-electron chi connectivity index (χ2n) is 5.36. The Kier molecular flexibility index (Phi) is 3.33. The Labute approximate surface area is 98.3 Å². The summed E-state index contributed by atoms with van der Waals surface area (Å²) in [6, 6.07) is 0.552. The third-order valence-electron chi connectivity index (χ3n) is 4.24. The first-order chi connectivity index (χ1) is 7.65. The van der Waals surface area contributed by atoms with E-state index in [1.165, 1.54) is 31.5 Å². The van der Waals surface area contributed by atoms with Gasteiger partial charge in [-0.1, -0.05) is 19.8 Å². The molecule has 0 saturated heterocycles. The minimum Gasteiger partial charge on any atom is -0.338 e. The van der Waals surface area contributed by atoms with Crippen molar-refractivity contribution in [1.29, 1.82) is 0 Å². The second kappa shape index (κ2) is 4.58. The molecule has 0 amide bonds. The average molecular weight is 221 g/mol. The van der Waals surface area contributed by atoms with Crippen LogP contribution in [0.4, 0.5) is 0 Å². The van der Waals surface area contributed by atoms with Gasteiger partial charge in [0.1, 0.15) is 5.82 Å². The molecular weight excluding hydrogens is 198 g/mol. The first kappa shape index (κ1) is 11.6. The quantitative estimate of drug-likeness (QED) is 0.844. The molecule has 2 rings (SSSR count). The van der Waals surface area contributed by atoms with Gasteiger partial charge in [0.05, 0.1) is 0 Å². The van der Waals surface area contributed by atoms with E-state index in [2.05, 4.69) is 35.9 Å². The molecule has 1 unspecified atom stereocenters. The van der Waals surface area contributed by atoms with Crippen molar-refractivity contribution < 1.29 is 0 Å². The molecule has 1 heterocycles. The third-order valence-corrected chi connectivity index (χ3v) is 4.24. The van der Waals surface area contributed by atoms with E-state index >= 15 is 0 Å². The van der Waals surface area contributed by atoms with Gasteiger partial charge in [-0.05, 0) is 25.3 Å². The number of aryl methyl sites for hydroxylation is 1. The molecule has 0 spiro atoms. The van der Waals surface area contributed by atoms with Gasteiger partial charge in [-0.3, -0.25) is 0 Å². The van der Waals surface area contributed by atoms with Gasteiger partial charge in [-0.2, -0.15) is 0 Å². The van der Waals surface area contributed by atoms with Gasteiger partial charge in [0.15, 0.2) is 0 Å². The number of likely N-dealkylation sites (N-methyl/N-ethyl adjacent to an activating group) is 1. The normalized spacial score (nSPS) is 21.2. The number of imidazole rings is 1. The lowest BCUT2D eigenvalue weighted by Gasteiger charge is -2.33. The molecule has 1 atom stereocenters. The van der Waals surface area contributed by atoms with E-state index in [0.717, 1.165) is 6.42 Å². The Bertz CT molecular complexity index is 337. The van der Waals surface area contributed by atoms with Crippen LogP contribution in [-0.4, -0.2) is 22.6 Å². The Morgan fingerprint density at radius 3 is 2.69 bits per heavy atom. The predicted molar refractivity (Wildman–Crippen MR) is 66.3 cm³/mol. The Morgan fingerprint density at radius 1 is 1.50 bits per heavy atom. The lowest BCUT2D eigenvalue weighted by Crippen LogP contribution is -2.42. The number of nitrogens with one attached hydrogen (secondary N) is 1. The molecule has 0 bridgehead atoms. The van der Waals surface area contributed by atoms with Crippen molar-refractivity contribution in [3.63, 3.8) is 0 Å². The number of rotatable bonds is 4. The molecule has 3 nitrogen and oxygen atoms in total. The van der Waals surface area contributed by atoms with E-state index < -0.39 is 0 Å². The number of aromatic nitrogens is 2. The highest BCUT2D eigenvalue weighted by atomic mass is 15.0.